The van der Waals surface area contributed by atoms with Gasteiger partial charge in [0, 0.05) is 5.56 Å². The third kappa shape index (κ3) is 4.35. The number of rotatable bonds is 7. The number of ether oxygens (including phenoxy) is 4. The molecule has 0 bridgehead atoms. The Labute approximate surface area is 160 Å². The van der Waals surface area contributed by atoms with Crippen LogP contribution in [0.1, 0.15) is 27.6 Å². The molecule has 0 spiro atoms. The molecule has 0 N–H and O–H groups in total. The van der Waals surface area contributed by atoms with E-state index in [9.17, 15) is 9.59 Å². The van der Waals surface area contributed by atoms with Crippen molar-refractivity contribution in [2.75, 3.05) is 21.3 Å². The van der Waals surface area contributed by atoms with Gasteiger partial charge in [0.05, 0.1) is 26.9 Å². The van der Waals surface area contributed by atoms with Crippen molar-refractivity contribution in [3.63, 3.8) is 0 Å². The lowest BCUT2D eigenvalue weighted by molar-refractivity contribution is 0.0318. The van der Waals surface area contributed by atoms with E-state index < -0.39 is 12.1 Å². The molecule has 0 saturated heterocycles. The quantitative estimate of drug-likeness (QED) is 0.497. The lowest BCUT2D eigenvalue weighted by Crippen LogP contribution is -2.24. The Hall–Kier alpha value is -2.54. The van der Waals surface area contributed by atoms with Gasteiger partial charge in [-0.05, 0) is 59.3 Å². The van der Waals surface area contributed by atoms with Gasteiger partial charge in [-0.2, -0.15) is 0 Å². The number of esters is 1. The monoisotopic (exact) mass is 422 g/mol. The maximum atomic E-state index is 12.4. The molecule has 2 rings (SSSR count). The standard InChI is InChI=1S/C19H19BrO6/c1-11(18(21)12-5-7-14(23-2)8-6-12)26-19(22)13-9-15(24-3)17(20)16(10-13)25-4/h5-11H,1-4H3. The molecule has 7 heteroatoms. The lowest BCUT2D eigenvalue weighted by atomic mass is 10.1. The van der Waals surface area contributed by atoms with Gasteiger partial charge in [0.2, 0.25) is 5.78 Å². The van der Waals surface area contributed by atoms with E-state index in [1.54, 1.807) is 31.4 Å². The number of hydrogen-bond donors (Lipinski definition) is 0. The van der Waals surface area contributed by atoms with E-state index in [4.69, 9.17) is 18.9 Å². The SMILES string of the molecule is COc1ccc(C(=O)C(C)OC(=O)c2cc(OC)c(Br)c(OC)c2)cc1. The van der Waals surface area contributed by atoms with Crippen LogP contribution in [0, 0.1) is 0 Å². The van der Waals surface area contributed by atoms with E-state index in [0.717, 1.165) is 0 Å². The fourth-order valence-corrected chi connectivity index (χ4v) is 2.81. The Bertz CT molecular complexity index is 775. The van der Waals surface area contributed by atoms with Gasteiger partial charge >= 0.3 is 5.97 Å². The largest absolute Gasteiger partial charge is 0.497 e. The second-order valence-corrected chi connectivity index (χ2v) is 6.13. The zero-order chi connectivity index (χ0) is 19.3. The van der Waals surface area contributed by atoms with Crippen LogP contribution in [-0.2, 0) is 4.74 Å². The molecule has 0 aliphatic carbocycles. The number of carbonyl (C=O) groups excluding carboxylic acids is 2. The Morgan fingerprint density at radius 1 is 0.885 bits per heavy atom. The van der Waals surface area contributed by atoms with E-state index in [2.05, 4.69) is 15.9 Å². The second-order valence-electron chi connectivity index (χ2n) is 5.34. The van der Waals surface area contributed by atoms with Crippen molar-refractivity contribution < 1.29 is 28.5 Å². The highest BCUT2D eigenvalue weighted by molar-refractivity contribution is 9.10. The van der Waals surface area contributed by atoms with Crippen LogP contribution in [0.5, 0.6) is 17.2 Å². The van der Waals surface area contributed by atoms with Crippen LogP contribution in [-0.4, -0.2) is 39.2 Å². The maximum Gasteiger partial charge on any atom is 0.339 e. The summed E-state index contributed by atoms with van der Waals surface area (Å²) in [5, 5.41) is 0. The molecule has 1 unspecified atom stereocenters. The fraction of sp³-hybridized carbons (Fsp3) is 0.263. The smallest absolute Gasteiger partial charge is 0.339 e. The summed E-state index contributed by atoms with van der Waals surface area (Å²) in [6, 6.07) is 9.62. The van der Waals surface area contributed by atoms with E-state index in [-0.39, 0.29) is 11.3 Å². The third-order valence-electron chi connectivity index (χ3n) is 3.71. The topological polar surface area (TPSA) is 71.1 Å². The Morgan fingerprint density at radius 3 is 1.88 bits per heavy atom. The molecule has 26 heavy (non-hydrogen) atoms. The van der Waals surface area contributed by atoms with E-state index >= 15 is 0 Å². The molecule has 138 valence electrons. The maximum absolute atomic E-state index is 12.4. The molecule has 0 saturated carbocycles. The van der Waals surface area contributed by atoms with Crippen LogP contribution in [0.15, 0.2) is 40.9 Å². The number of methoxy groups -OCH3 is 3. The summed E-state index contributed by atoms with van der Waals surface area (Å²) in [6.45, 7) is 1.53. The van der Waals surface area contributed by atoms with Crippen molar-refractivity contribution in [1.82, 2.24) is 0 Å². The van der Waals surface area contributed by atoms with Crippen molar-refractivity contribution in [3.05, 3.63) is 52.0 Å². The van der Waals surface area contributed by atoms with Gasteiger partial charge in [-0.3, -0.25) is 4.79 Å². The molecule has 2 aromatic carbocycles. The molecule has 6 nitrogen and oxygen atoms in total. The highest BCUT2D eigenvalue weighted by atomic mass is 79.9. The summed E-state index contributed by atoms with van der Waals surface area (Å²) >= 11 is 3.33. The van der Waals surface area contributed by atoms with Gasteiger partial charge in [0.15, 0.2) is 6.10 Å². The van der Waals surface area contributed by atoms with Crippen molar-refractivity contribution in [3.8, 4) is 17.2 Å². The molecule has 0 aromatic heterocycles. The van der Waals surface area contributed by atoms with Crippen LogP contribution in [0.2, 0.25) is 0 Å². The Morgan fingerprint density at radius 2 is 1.42 bits per heavy atom. The molecule has 0 amide bonds. The first-order valence-corrected chi connectivity index (χ1v) is 8.51. The van der Waals surface area contributed by atoms with Crippen LogP contribution in [0.25, 0.3) is 0 Å². The van der Waals surface area contributed by atoms with Crippen LogP contribution in [0.4, 0.5) is 0 Å². The number of benzene rings is 2. The van der Waals surface area contributed by atoms with Crippen molar-refractivity contribution >= 4 is 27.7 Å². The highest BCUT2D eigenvalue weighted by Gasteiger charge is 2.22. The number of ketones is 1. The van der Waals surface area contributed by atoms with Gasteiger partial charge < -0.3 is 18.9 Å². The first-order chi connectivity index (χ1) is 12.4. The van der Waals surface area contributed by atoms with E-state index in [0.29, 0.717) is 27.3 Å². The van der Waals surface area contributed by atoms with Gasteiger partial charge in [-0.25, -0.2) is 4.79 Å². The average molecular weight is 423 g/mol. The number of halogens is 1. The summed E-state index contributed by atoms with van der Waals surface area (Å²) in [4.78, 5) is 24.9. The minimum absolute atomic E-state index is 0.219. The molecular weight excluding hydrogens is 404 g/mol. The van der Waals surface area contributed by atoms with Crippen LogP contribution in [0.3, 0.4) is 0 Å². The highest BCUT2D eigenvalue weighted by Crippen LogP contribution is 2.35. The number of hydrogen-bond acceptors (Lipinski definition) is 6. The van der Waals surface area contributed by atoms with Gasteiger partial charge in [0.1, 0.15) is 21.7 Å². The normalized spacial score (nSPS) is 11.4. The van der Waals surface area contributed by atoms with Gasteiger partial charge in [-0.1, -0.05) is 0 Å². The summed E-state index contributed by atoms with van der Waals surface area (Å²) in [5.41, 5.74) is 0.647. The summed E-state index contributed by atoms with van der Waals surface area (Å²) in [7, 11) is 4.50. The second kappa shape index (κ2) is 8.71. The zero-order valence-corrected chi connectivity index (χ0v) is 16.5. The fourth-order valence-electron chi connectivity index (χ4n) is 2.26. The Kier molecular flexibility index (Phi) is 6.63. The minimum Gasteiger partial charge on any atom is -0.497 e. The van der Waals surface area contributed by atoms with E-state index in [1.165, 1.54) is 33.3 Å². The van der Waals surface area contributed by atoms with Crippen molar-refractivity contribution in [1.29, 1.82) is 0 Å². The summed E-state index contributed by atoms with van der Waals surface area (Å²) < 4.78 is 21.4. The zero-order valence-electron chi connectivity index (χ0n) is 14.9. The molecule has 2 aromatic rings. The van der Waals surface area contributed by atoms with Crippen molar-refractivity contribution in [2.45, 2.75) is 13.0 Å². The molecule has 1 atom stereocenters. The van der Waals surface area contributed by atoms with Gasteiger partial charge in [-0.15, -0.1) is 0 Å². The third-order valence-corrected chi connectivity index (χ3v) is 4.49. The lowest BCUT2D eigenvalue weighted by Gasteiger charge is -2.14. The molecule has 0 aliphatic rings. The number of carbonyl (C=O) groups is 2. The predicted octanol–water partition coefficient (Wildman–Crippen LogP) is 3.90. The summed E-state index contributed by atoms with van der Waals surface area (Å²) in [6.07, 6.45) is -0.948. The van der Waals surface area contributed by atoms with E-state index in [1.807, 2.05) is 0 Å². The van der Waals surface area contributed by atoms with Gasteiger partial charge in [0.25, 0.3) is 0 Å². The average Bonchev–Trinajstić information content (AvgIpc) is 2.67. The Balaban J connectivity index is 2.16. The molecule has 0 fully saturated rings. The van der Waals surface area contributed by atoms with Crippen LogP contribution < -0.4 is 14.2 Å². The predicted molar refractivity (Wildman–Crippen MR) is 99.4 cm³/mol. The molecule has 0 radical (unpaired) electrons. The first kappa shape index (κ1) is 19.8. The molecule has 0 aliphatic heterocycles. The summed E-state index contributed by atoms with van der Waals surface area (Å²) in [5.74, 6) is 0.525. The first-order valence-electron chi connectivity index (χ1n) is 7.72. The molecule has 0 heterocycles. The van der Waals surface area contributed by atoms with Crippen molar-refractivity contribution in [2.24, 2.45) is 0 Å². The minimum atomic E-state index is -0.948. The number of Topliss-reactive ketones (excluding diaryl/α,β-unsaturated/α-hetero) is 1. The van der Waals surface area contributed by atoms with Crippen LogP contribution >= 0.6 is 15.9 Å². The molecular formula is C19H19BrO6.